The Morgan fingerprint density at radius 3 is 2.50 bits per heavy atom. The Morgan fingerprint density at radius 1 is 1.14 bits per heavy atom. The maximum Gasteiger partial charge on any atom is 0.227 e. The molecule has 28 heavy (non-hydrogen) atoms. The molecule has 1 heterocycles. The standard InChI is InChI=1S/C22H25N3O3/c1-4-16-5-7-17(8-6-16)15(2)23-20(26)13-14-21-24-22(25-28-21)18-9-11-19(27-3)12-10-18/h5-12,15H,4,13-14H2,1-3H3,(H,23,26). The molecule has 1 N–H and O–H groups in total. The summed E-state index contributed by atoms with van der Waals surface area (Å²) in [6.07, 6.45) is 1.70. The van der Waals surface area contributed by atoms with E-state index in [-0.39, 0.29) is 11.9 Å². The maximum absolute atomic E-state index is 12.3. The Balaban J connectivity index is 1.52. The van der Waals surface area contributed by atoms with Crippen LogP contribution in [-0.4, -0.2) is 23.2 Å². The molecule has 1 aromatic heterocycles. The summed E-state index contributed by atoms with van der Waals surface area (Å²) < 4.78 is 10.4. The minimum atomic E-state index is -0.0454. The maximum atomic E-state index is 12.3. The summed E-state index contributed by atoms with van der Waals surface area (Å²) >= 11 is 0. The zero-order valence-corrected chi connectivity index (χ0v) is 16.4. The fourth-order valence-electron chi connectivity index (χ4n) is 2.87. The lowest BCUT2D eigenvalue weighted by molar-refractivity contribution is -0.121. The Bertz CT molecular complexity index is 902. The summed E-state index contributed by atoms with van der Waals surface area (Å²) in [5, 5.41) is 7.00. The predicted octanol–water partition coefficient (Wildman–Crippen LogP) is 4.12. The highest BCUT2D eigenvalue weighted by Crippen LogP contribution is 2.20. The van der Waals surface area contributed by atoms with Gasteiger partial charge in [0.15, 0.2) is 0 Å². The zero-order valence-electron chi connectivity index (χ0n) is 16.4. The van der Waals surface area contributed by atoms with Crippen LogP contribution in [0.25, 0.3) is 11.4 Å². The summed E-state index contributed by atoms with van der Waals surface area (Å²) in [5.74, 6) is 1.67. The number of amides is 1. The first kappa shape index (κ1) is 19.6. The van der Waals surface area contributed by atoms with E-state index < -0.39 is 0 Å². The second-order valence-electron chi connectivity index (χ2n) is 6.62. The number of hydrogen-bond acceptors (Lipinski definition) is 5. The SMILES string of the molecule is CCc1ccc(C(C)NC(=O)CCc2nc(-c3ccc(OC)cc3)no2)cc1. The van der Waals surface area contributed by atoms with Gasteiger partial charge < -0.3 is 14.6 Å². The highest BCUT2D eigenvalue weighted by atomic mass is 16.5. The zero-order chi connectivity index (χ0) is 19.9. The van der Waals surface area contributed by atoms with Gasteiger partial charge in [0.1, 0.15) is 5.75 Å². The lowest BCUT2D eigenvalue weighted by Crippen LogP contribution is -2.26. The Labute approximate surface area is 164 Å². The van der Waals surface area contributed by atoms with E-state index in [0.29, 0.717) is 24.6 Å². The largest absolute Gasteiger partial charge is 0.497 e. The van der Waals surface area contributed by atoms with E-state index in [1.165, 1.54) is 5.56 Å². The quantitative estimate of drug-likeness (QED) is 0.637. The molecule has 1 amide bonds. The molecule has 0 bridgehead atoms. The molecule has 6 heteroatoms. The van der Waals surface area contributed by atoms with E-state index in [0.717, 1.165) is 23.3 Å². The van der Waals surface area contributed by atoms with Crippen molar-refractivity contribution in [1.29, 1.82) is 0 Å². The molecule has 0 fully saturated rings. The van der Waals surface area contributed by atoms with Gasteiger partial charge in [0.25, 0.3) is 0 Å². The first-order chi connectivity index (χ1) is 13.6. The smallest absolute Gasteiger partial charge is 0.227 e. The average molecular weight is 379 g/mol. The fraction of sp³-hybridized carbons (Fsp3) is 0.318. The van der Waals surface area contributed by atoms with Gasteiger partial charge in [-0.25, -0.2) is 0 Å². The molecule has 6 nitrogen and oxygen atoms in total. The monoisotopic (exact) mass is 379 g/mol. The number of carbonyl (C=O) groups is 1. The van der Waals surface area contributed by atoms with Crippen molar-refractivity contribution in [3.63, 3.8) is 0 Å². The Kier molecular flexibility index (Phi) is 6.42. The second-order valence-corrected chi connectivity index (χ2v) is 6.62. The number of carbonyl (C=O) groups excluding carboxylic acids is 1. The predicted molar refractivity (Wildman–Crippen MR) is 107 cm³/mol. The van der Waals surface area contributed by atoms with Crippen molar-refractivity contribution in [1.82, 2.24) is 15.5 Å². The van der Waals surface area contributed by atoms with Gasteiger partial charge in [-0.05, 0) is 48.7 Å². The van der Waals surface area contributed by atoms with Gasteiger partial charge in [-0.2, -0.15) is 4.98 Å². The first-order valence-electron chi connectivity index (χ1n) is 9.44. The molecule has 3 aromatic rings. The van der Waals surface area contributed by atoms with E-state index in [1.807, 2.05) is 31.2 Å². The van der Waals surface area contributed by atoms with E-state index in [1.54, 1.807) is 7.11 Å². The van der Waals surface area contributed by atoms with Crippen LogP contribution in [-0.2, 0) is 17.6 Å². The molecule has 146 valence electrons. The molecule has 0 saturated carbocycles. The number of nitrogens with one attached hydrogen (secondary N) is 1. The molecular formula is C22H25N3O3. The van der Waals surface area contributed by atoms with Crippen LogP contribution in [0.3, 0.4) is 0 Å². The van der Waals surface area contributed by atoms with Gasteiger partial charge in [0.2, 0.25) is 17.6 Å². The molecule has 0 aliphatic carbocycles. The van der Waals surface area contributed by atoms with Crippen molar-refractivity contribution in [2.75, 3.05) is 7.11 Å². The number of methoxy groups -OCH3 is 1. The van der Waals surface area contributed by atoms with Crippen LogP contribution < -0.4 is 10.1 Å². The van der Waals surface area contributed by atoms with Crippen LogP contribution in [0.1, 0.15) is 43.3 Å². The number of hydrogen-bond donors (Lipinski definition) is 1. The van der Waals surface area contributed by atoms with Crippen LogP contribution in [0, 0.1) is 0 Å². The summed E-state index contributed by atoms with van der Waals surface area (Å²) in [5.41, 5.74) is 3.21. The number of ether oxygens (including phenoxy) is 1. The second kappa shape index (κ2) is 9.17. The molecular weight excluding hydrogens is 354 g/mol. The third kappa shape index (κ3) is 4.97. The number of rotatable bonds is 8. The molecule has 1 unspecified atom stereocenters. The number of nitrogens with zero attached hydrogens (tertiary/aromatic N) is 2. The van der Waals surface area contributed by atoms with E-state index in [2.05, 4.69) is 46.6 Å². The Morgan fingerprint density at radius 2 is 1.86 bits per heavy atom. The average Bonchev–Trinajstić information content (AvgIpc) is 3.21. The van der Waals surface area contributed by atoms with E-state index in [4.69, 9.17) is 9.26 Å². The minimum absolute atomic E-state index is 0.0451. The summed E-state index contributed by atoms with van der Waals surface area (Å²) in [6, 6.07) is 15.7. The van der Waals surface area contributed by atoms with Gasteiger partial charge in [-0.1, -0.05) is 36.3 Å². The molecule has 3 rings (SSSR count). The lowest BCUT2D eigenvalue weighted by Gasteiger charge is -2.14. The molecule has 0 aliphatic heterocycles. The lowest BCUT2D eigenvalue weighted by atomic mass is 10.0. The summed E-state index contributed by atoms with van der Waals surface area (Å²) in [7, 11) is 1.62. The van der Waals surface area contributed by atoms with Crippen molar-refractivity contribution in [3.05, 3.63) is 65.5 Å². The molecule has 0 aliphatic rings. The van der Waals surface area contributed by atoms with Crippen molar-refractivity contribution in [2.24, 2.45) is 0 Å². The summed E-state index contributed by atoms with van der Waals surface area (Å²) in [4.78, 5) is 16.6. The van der Waals surface area contributed by atoms with Crippen LogP contribution in [0.5, 0.6) is 5.75 Å². The van der Waals surface area contributed by atoms with Gasteiger partial charge in [-0.3, -0.25) is 4.79 Å². The molecule has 2 aromatic carbocycles. The van der Waals surface area contributed by atoms with Crippen molar-refractivity contribution in [3.8, 4) is 17.1 Å². The van der Waals surface area contributed by atoms with Crippen LogP contribution in [0.2, 0.25) is 0 Å². The molecule has 0 saturated heterocycles. The van der Waals surface area contributed by atoms with E-state index >= 15 is 0 Å². The molecule has 0 radical (unpaired) electrons. The van der Waals surface area contributed by atoms with Crippen LogP contribution in [0.15, 0.2) is 53.1 Å². The fourth-order valence-corrected chi connectivity index (χ4v) is 2.87. The van der Waals surface area contributed by atoms with Gasteiger partial charge in [0, 0.05) is 18.4 Å². The van der Waals surface area contributed by atoms with Gasteiger partial charge in [-0.15, -0.1) is 0 Å². The van der Waals surface area contributed by atoms with Gasteiger partial charge in [0.05, 0.1) is 13.2 Å². The number of aromatic nitrogens is 2. The third-order valence-electron chi connectivity index (χ3n) is 4.65. The number of benzene rings is 2. The van der Waals surface area contributed by atoms with Gasteiger partial charge >= 0.3 is 0 Å². The highest BCUT2D eigenvalue weighted by molar-refractivity contribution is 5.76. The van der Waals surface area contributed by atoms with Crippen molar-refractivity contribution >= 4 is 5.91 Å². The first-order valence-corrected chi connectivity index (χ1v) is 9.44. The van der Waals surface area contributed by atoms with Crippen molar-refractivity contribution < 1.29 is 14.1 Å². The number of aryl methyl sites for hydroxylation is 2. The molecule has 0 spiro atoms. The third-order valence-corrected chi connectivity index (χ3v) is 4.65. The highest BCUT2D eigenvalue weighted by Gasteiger charge is 2.13. The normalized spacial score (nSPS) is 11.8. The summed E-state index contributed by atoms with van der Waals surface area (Å²) in [6.45, 7) is 4.10. The van der Waals surface area contributed by atoms with E-state index in [9.17, 15) is 4.79 Å². The van der Waals surface area contributed by atoms with Crippen LogP contribution in [0.4, 0.5) is 0 Å². The Hall–Kier alpha value is -3.15. The minimum Gasteiger partial charge on any atom is -0.497 e. The topological polar surface area (TPSA) is 77.2 Å². The van der Waals surface area contributed by atoms with Crippen LogP contribution >= 0.6 is 0 Å². The molecule has 1 atom stereocenters. The van der Waals surface area contributed by atoms with Crippen molar-refractivity contribution in [2.45, 2.75) is 39.2 Å².